The number of nitrogens with one attached hydrogen (secondary N) is 6. The topological polar surface area (TPSA) is 667 Å². The number of primary amides is 6. The molecule has 1 saturated heterocycles. The maximum atomic E-state index is 14.0. The molecule has 12 amide bonds. The van der Waals surface area contributed by atoms with Crippen molar-refractivity contribution < 1.29 is 115 Å². The van der Waals surface area contributed by atoms with Crippen LogP contribution in [0, 0.1) is 29.6 Å². The van der Waals surface area contributed by atoms with Gasteiger partial charge in [-0.15, -0.1) is 0 Å². The number of amides is 12. The predicted octanol–water partition coefficient (Wildman–Crippen LogP) is -1.94. The van der Waals surface area contributed by atoms with Crippen molar-refractivity contribution in [1.82, 2.24) is 31.9 Å². The van der Waals surface area contributed by atoms with Crippen LogP contribution in [0.4, 0.5) is 8.78 Å². The van der Waals surface area contributed by atoms with Crippen LogP contribution in [-0.2, 0) is 101 Å². The first-order valence-corrected chi connectivity index (χ1v) is 30.9. The minimum Gasteiger partial charge on any atom is -0.393 e. The number of Topliss-reactive ketones (excluding diaryl/α,β-unsaturated/α-hetero) is 1. The van der Waals surface area contributed by atoms with Crippen LogP contribution >= 0.6 is 0 Å². The molecule has 11 unspecified atom stereocenters. The van der Waals surface area contributed by atoms with E-state index in [4.69, 9.17) is 53.6 Å². The number of aliphatic hydroxyl groups is 1. The van der Waals surface area contributed by atoms with Crippen molar-refractivity contribution in [1.29, 1.82) is 0 Å². The number of ether oxygens (including phenoxy) is 1. The van der Waals surface area contributed by atoms with Crippen molar-refractivity contribution in [2.45, 2.75) is 228 Å². The van der Waals surface area contributed by atoms with Crippen molar-refractivity contribution in [3.05, 3.63) is 0 Å². The first-order valence-electron chi connectivity index (χ1n) is 30.9. The number of ketones is 1. The van der Waals surface area contributed by atoms with E-state index in [1.807, 2.05) is 34.6 Å². The van der Waals surface area contributed by atoms with Gasteiger partial charge in [0.15, 0.2) is 12.5 Å². The Hall–Kier alpha value is -9.07. The molecule has 0 aliphatic carbocycles. The zero-order valence-corrected chi connectivity index (χ0v) is 61.4. The Bertz CT molecular complexity index is 2420. The molecule has 1 fully saturated rings. The maximum Gasteiger partial charge on any atom is 0.243 e. The van der Waals surface area contributed by atoms with Gasteiger partial charge in [0.05, 0.1) is 37.9 Å². The van der Waals surface area contributed by atoms with Gasteiger partial charge in [-0.05, 0) is 77.6 Å². The normalized spacial score (nSPS) is 16.9. The molecule has 0 spiro atoms. The lowest BCUT2D eigenvalue weighted by molar-refractivity contribution is -0.231. The van der Waals surface area contributed by atoms with Crippen LogP contribution in [0.3, 0.4) is 0 Å². The third-order valence-corrected chi connectivity index (χ3v) is 12.3. The molecule has 0 saturated carbocycles. The second-order valence-corrected chi connectivity index (χ2v) is 21.8. The number of nitrogens with zero attached hydrogens (tertiary/aromatic N) is 3. The van der Waals surface area contributed by atoms with Gasteiger partial charge in [0.2, 0.25) is 70.9 Å². The molecule has 0 aromatic heterocycles. The lowest BCUT2D eigenvalue weighted by Crippen LogP contribution is -2.47. The number of aliphatic hydroxyl groups excluding tert-OH is 1. The molecule has 612 valence electrons. The van der Waals surface area contributed by atoms with Crippen molar-refractivity contribution >= 4 is 101 Å². The lowest BCUT2D eigenvalue weighted by atomic mass is 9.81. The third-order valence-electron chi connectivity index (χ3n) is 12.3. The van der Waals surface area contributed by atoms with Crippen molar-refractivity contribution in [2.75, 3.05) is 39.6 Å². The first kappa shape index (κ1) is 119. The van der Waals surface area contributed by atoms with Crippen LogP contribution in [0.2, 0.25) is 0 Å². The number of rotatable bonds is 33. The minimum absolute atomic E-state index is 0. The van der Waals surface area contributed by atoms with Crippen LogP contribution in [0.25, 0.3) is 0 Å². The van der Waals surface area contributed by atoms with Gasteiger partial charge in [0, 0.05) is 47.8 Å². The number of aldehydes is 1. The molecule has 25 N–H and O–H groups in total. The van der Waals surface area contributed by atoms with Crippen molar-refractivity contribution in [3.8, 4) is 0 Å². The first-order chi connectivity index (χ1) is 46.7. The SMILES string of the molecule is C.C.C.CC(=O)NC(CON)C(N)=O.CC(=O)NC(CON)C(N)=O.CC(=O)NC(CON)C(N)=O.CC(=O)NC(CON=C(C)C)C(N)=O.CC(C)=O.CC=NOCC(NC(C)=O)C(N)=O.CC=O.CCC1OC(O)C([18F])C(C)C1C.CC[C@@H](C)[C@@H](C)[C@H](C)[C@@H]([18F])/C=N/OCC(NC(C)=O)C(N)=O. The Morgan fingerprint density at radius 1 is 0.490 bits per heavy atom. The fourth-order valence-corrected chi connectivity index (χ4v) is 6.63. The zero-order chi connectivity index (χ0) is 80.8. The van der Waals surface area contributed by atoms with E-state index < -0.39 is 96.2 Å². The maximum absolute atomic E-state index is 14.0. The Kier molecular flexibility index (Phi) is 84.2. The highest BCUT2D eigenvalue weighted by atomic mass is 18.2. The van der Waals surface area contributed by atoms with Crippen LogP contribution < -0.4 is 84.0 Å². The molecule has 1 aliphatic rings. The molecule has 1 rings (SSSR count). The summed E-state index contributed by atoms with van der Waals surface area (Å²) in [5.74, 6) is 8.52. The molecule has 0 aromatic rings. The summed E-state index contributed by atoms with van der Waals surface area (Å²) in [7, 11) is 0. The van der Waals surface area contributed by atoms with Gasteiger partial charge in [-0.25, -0.2) is 26.5 Å². The number of carbonyl (C=O) groups is 14. The summed E-state index contributed by atoms with van der Waals surface area (Å²) in [5, 5.41) is 33.5. The minimum atomic E-state index is -1.24. The molecule has 40 nitrogen and oxygen atoms in total. The number of hydrogen-bond donors (Lipinski definition) is 16. The molecule has 1 aliphatic heterocycles. The summed E-state index contributed by atoms with van der Waals surface area (Å²) in [6.45, 7) is 30.4. The average molecular weight is 1510 g/mol. The summed E-state index contributed by atoms with van der Waals surface area (Å²) >= 11 is 0. The molecule has 0 radical (unpaired) electrons. The van der Waals surface area contributed by atoms with E-state index in [2.05, 4.69) is 98.3 Å². The van der Waals surface area contributed by atoms with E-state index in [1.165, 1.54) is 68.5 Å². The zero-order valence-electron chi connectivity index (χ0n) is 61.4. The third kappa shape index (κ3) is 75.6. The van der Waals surface area contributed by atoms with Gasteiger partial charge in [-0.2, -0.15) is 0 Å². The Morgan fingerprint density at radius 3 is 0.971 bits per heavy atom. The monoisotopic (exact) mass is 1510 g/mol. The van der Waals surface area contributed by atoms with Gasteiger partial charge in [-0.3, -0.25) is 57.5 Å². The van der Waals surface area contributed by atoms with Gasteiger partial charge >= 0.3 is 0 Å². The van der Waals surface area contributed by atoms with Gasteiger partial charge in [0.1, 0.15) is 74.3 Å². The average Bonchev–Trinajstić information content (AvgIpc) is 0.831. The van der Waals surface area contributed by atoms with Crippen molar-refractivity contribution in [3.63, 3.8) is 0 Å². The van der Waals surface area contributed by atoms with E-state index >= 15 is 0 Å². The summed E-state index contributed by atoms with van der Waals surface area (Å²) in [6.07, 6.45) is 1.38. The van der Waals surface area contributed by atoms with E-state index in [9.17, 15) is 76.2 Å². The fourth-order valence-electron chi connectivity index (χ4n) is 6.63. The number of oxime groups is 3. The fraction of sp³-hybridized carbons (Fsp3) is 0.726. The van der Waals surface area contributed by atoms with E-state index in [0.717, 1.165) is 31.1 Å². The second kappa shape index (κ2) is 73.7. The molecular formula is C62H128F2N18O22. The van der Waals surface area contributed by atoms with Gasteiger partial charge in [-0.1, -0.05) is 92.6 Å². The Balaban J connectivity index is -0.000000107. The number of carbonyl (C=O) groups excluding carboxylic acids is 14. The van der Waals surface area contributed by atoms with E-state index in [0.29, 0.717) is 5.92 Å². The van der Waals surface area contributed by atoms with Crippen LogP contribution in [-0.4, -0.2) is 207 Å². The predicted molar refractivity (Wildman–Crippen MR) is 386 cm³/mol. The molecule has 42 heteroatoms. The van der Waals surface area contributed by atoms with Crippen LogP contribution in [0.5, 0.6) is 0 Å². The molecule has 0 aromatic carbocycles. The highest BCUT2D eigenvalue weighted by Gasteiger charge is 2.40. The van der Waals surface area contributed by atoms with Gasteiger partial charge in [0.25, 0.3) is 0 Å². The smallest absolute Gasteiger partial charge is 0.243 e. The number of hydrogen-bond acceptors (Lipinski definition) is 28. The lowest BCUT2D eigenvalue weighted by Gasteiger charge is -2.39. The standard InChI is InChI=1S/C15H28FN3O3.C9H17FO2.C8H15N3O3.C7H13N3O3.3C5H11N3O3.C3H6O.C2H4O.3CH4/c1-6-9(2)10(3)11(4)13(16)7-18-22-8-14(15(17)21)19-12(5)20;1-4-7-5(2)6(3)8(10)9(11)12-7;1-5(2)11-14-4-7(8(9)13)10-6(3)12;1-3-9-13-4-6(7(8)12)10-5(2)11;3*1-3(9)8-4(2-11-7)5(6)10;1-3(2)4;1-2-3;;;/h7,9-11,13-14H,6,8H2,1-5H3,(H2,17,21)(H,19,20);5-9,11H,4H2,1-3H3;7H,4H2,1-3H3,(H2,9,13)(H,10,12);3,6H,4H2,1-2H3,(H2,8,12)(H,10,11);3*4H,2,7H2,1H3,(H2,6,10)(H,8,9);1-2H3;2H,1H3;3*1H4/b18-7+;;;;;;;;;;;/t9-,10-,11+,13+,14?;;;;;;;;;;;/m1.........../s1/i16-1;10-1;;;;;;;;;;. The number of halogens is 2. The second-order valence-electron chi connectivity index (χ2n) is 21.8. The molecule has 104 heavy (non-hydrogen) atoms. The summed E-state index contributed by atoms with van der Waals surface area (Å²) in [6, 6.07) is -5.20. The highest BCUT2D eigenvalue weighted by Crippen LogP contribution is 2.33. The molecule has 0 bridgehead atoms. The molecule has 15 atom stereocenters. The van der Waals surface area contributed by atoms with Gasteiger partial charge < -0.3 is 115 Å². The summed E-state index contributed by atoms with van der Waals surface area (Å²) in [4.78, 5) is 172. The number of alkyl halides is 2. The van der Waals surface area contributed by atoms with E-state index in [1.54, 1.807) is 20.8 Å². The Morgan fingerprint density at radius 2 is 0.750 bits per heavy atom. The molecular weight excluding hydrogens is 1380 g/mol. The Labute approximate surface area is 610 Å². The number of nitrogens with two attached hydrogens (primary N) is 9. The quantitative estimate of drug-likeness (QED) is 0.0193. The van der Waals surface area contributed by atoms with Crippen molar-refractivity contribution in [2.24, 2.45) is 97.1 Å². The summed E-state index contributed by atoms with van der Waals surface area (Å²) in [5.41, 5.74) is 30.5. The van der Waals surface area contributed by atoms with Crippen LogP contribution in [0.15, 0.2) is 15.5 Å². The van der Waals surface area contributed by atoms with E-state index in [-0.39, 0.29) is 127 Å². The van der Waals surface area contributed by atoms with Crippen LogP contribution in [0.1, 0.15) is 167 Å². The largest absolute Gasteiger partial charge is 0.393 e. The highest BCUT2D eigenvalue weighted by molar-refractivity contribution is 5.89. The molecule has 1 heterocycles. The summed E-state index contributed by atoms with van der Waals surface area (Å²) < 4.78 is 32.3.